The topological polar surface area (TPSA) is 59.3 Å². The minimum atomic E-state index is -0.348. The van der Waals surface area contributed by atoms with E-state index in [1.165, 1.54) is 16.4 Å². The predicted molar refractivity (Wildman–Crippen MR) is 61.9 cm³/mol. The van der Waals surface area contributed by atoms with Gasteiger partial charge in [0, 0.05) is 17.6 Å². The maximum atomic E-state index is 12.6. The number of rotatable bonds is 1. The van der Waals surface area contributed by atoms with E-state index in [0.29, 0.717) is 22.4 Å². The van der Waals surface area contributed by atoms with Gasteiger partial charge in [-0.3, -0.25) is 4.79 Å². The molecule has 1 aliphatic heterocycles. The third-order valence-electron chi connectivity index (χ3n) is 2.30. The molecule has 0 aliphatic carbocycles. The molecule has 16 heavy (non-hydrogen) atoms. The van der Waals surface area contributed by atoms with E-state index >= 15 is 0 Å². The number of nitrogens with one attached hydrogen (secondary N) is 1. The van der Waals surface area contributed by atoms with E-state index in [0.717, 1.165) is 0 Å². The molecule has 0 bridgehead atoms. The summed E-state index contributed by atoms with van der Waals surface area (Å²) in [5.74, 6) is 0.849. The van der Waals surface area contributed by atoms with Gasteiger partial charge in [0.25, 0.3) is 5.56 Å². The number of nitrogens with zero attached hydrogens (tertiary/aromatic N) is 3. The van der Waals surface area contributed by atoms with Crippen molar-refractivity contribution in [1.29, 1.82) is 0 Å². The molecule has 2 aromatic rings. The molecule has 0 fully saturated rings. The zero-order valence-corrected chi connectivity index (χ0v) is 8.66. The first-order valence-corrected chi connectivity index (χ1v) is 5.11. The summed E-state index contributed by atoms with van der Waals surface area (Å²) in [4.78, 5) is 19.1. The van der Waals surface area contributed by atoms with Crippen LogP contribution in [-0.2, 0) is 0 Å². The number of anilines is 1. The fraction of sp³-hybridized carbons (Fsp3) is 0. The highest BCUT2D eigenvalue weighted by molar-refractivity contribution is 7.92. The van der Waals surface area contributed by atoms with Crippen LogP contribution in [0, 0.1) is 0 Å². The Bertz CT molecular complexity index is 666. The van der Waals surface area contributed by atoms with Gasteiger partial charge in [0.05, 0.1) is 11.7 Å². The van der Waals surface area contributed by atoms with Crippen LogP contribution in [0.15, 0.2) is 28.1 Å². The van der Waals surface area contributed by atoms with Gasteiger partial charge in [-0.1, -0.05) is 0 Å². The van der Waals surface area contributed by atoms with E-state index in [1.54, 1.807) is 12.3 Å². The Morgan fingerprint density at radius 1 is 1.44 bits per heavy atom. The predicted octanol–water partition coefficient (Wildman–Crippen LogP) is 1.86. The summed E-state index contributed by atoms with van der Waals surface area (Å²) in [6.07, 6.45) is 2.96. The monoisotopic (exact) mass is 236 g/mol. The molecule has 0 saturated carbocycles. The molecule has 0 spiro atoms. The van der Waals surface area contributed by atoms with Crippen molar-refractivity contribution in [3.05, 3.63) is 28.7 Å². The van der Waals surface area contributed by atoms with Crippen molar-refractivity contribution >= 4 is 41.1 Å². The second-order valence-electron chi connectivity index (χ2n) is 3.21. The molecule has 0 saturated heterocycles. The van der Waals surface area contributed by atoms with Crippen molar-refractivity contribution in [2.45, 2.75) is 0 Å². The van der Waals surface area contributed by atoms with E-state index in [1.807, 2.05) is 0 Å². The fourth-order valence-corrected chi connectivity index (χ4v) is 2.01. The molecule has 5 nitrogen and oxygen atoms in total. The van der Waals surface area contributed by atoms with E-state index in [4.69, 9.17) is 0 Å². The Balaban J connectivity index is 2.52. The van der Waals surface area contributed by atoms with Crippen LogP contribution in [0.2, 0.25) is 0 Å². The zero-order valence-electron chi connectivity index (χ0n) is 7.85. The summed E-state index contributed by atoms with van der Waals surface area (Å²) in [5.41, 5.74) is -0.348. The van der Waals surface area contributed by atoms with Gasteiger partial charge in [0.1, 0.15) is 5.82 Å². The largest absolute Gasteiger partial charge is 0.330 e. The highest BCUT2D eigenvalue weighted by atomic mass is 32.2. The lowest BCUT2D eigenvalue weighted by Gasteiger charge is -2.05. The smallest absolute Gasteiger partial charge is 0.271 e. The van der Waals surface area contributed by atoms with Crippen molar-refractivity contribution in [3.8, 4) is 0 Å². The third-order valence-corrected chi connectivity index (χ3v) is 2.73. The summed E-state index contributed by atoms with van der Waals surface area (Å²) >= 11 is 0.0584. The van der Waals surface area contributed by atoms with Crippen LogP contribution in [0.5, 0.6) is 0 Å². The van der Waals surface area contributed by atoms with Crippen molar-refractivity contribution in [3.63, 3.8) is 0 Å². The van der Waals surface area contributed by atoms with Gasteiger partial charge in [-0.2, -0.15) is 4.98 Å². The van der Waals surface area contributed by atoms with Crippen molar-refractivity contribution < 1.29 is 3.89 Å². The molecule has 0 amide bonds. The summed E-state index contributed by atoms with van der Waals surface area (Å²) in [5, 5.41) is 4.14. The molecule has 0 radical (unpaired) electrons. The van der Waals surface area contributed by atoms with Crippen molar-refractivity contribution in [2.24, 2.45) is 4.99 Å². The highest BCUT2D eigenvalue weighted by Gasteiger charge is 2.16. The number of aliphatic imine (C=N–C) groups is 1. The maximum Gasteiger partial charge on any atom is 0.271 e. The van der Waals surface area contributed by atoms with E-state index in [2.05, 4.69) is 15.3 Å². The van der Waals surface area contributed by atoms with Crippen molar-refractivity contribution in [1.82, 2.24) is 8.96 Å². The Labute approximate surface area is 93.4 Å². The second kappa shape index (κ2) is 3.31. The molecule has 80 valence electrons. The van der Waals surface area contributed by atoms with E-state index in [9.17, 15) is 8.68 Å². The third kappa shape index (κ3) is 1.21. The number of aromatic nitrogens is 2. The molecule has 0 unspecified atom stereocenters. The van der Waals surface area contributed by atoms with Crippen molar-refractivity contribution in [2.75, 3.05) is 5.32 Å². The molecular formula is C9H5FN4OS. The SMILES string of the molecule is O=c1ccc2cn(SF)c3c2c(n1)NC=N3. The highest BCUT2D eigenvalue weighted by Crippen LogP contribution is 2.36. The van der Waals surface area contributed by atoms with Gasteiger partial charge in [0.2, 0.25) is 0 Å². The van der Waals surface area contributed by atoms with Crippen LogP contribution in [-0.4, -0.2) is 15.3 Å². The Morgan fingerprint density at radius 3 is 3.12 bits per heavy atom. The van der Waals surface area contributed by atoms with Gasteiger partial charge in [-0.15, -0.1) is 3.89 Å². The Morgan fingerprint density at radius 2 is 2.31 bits per heavy atom. The minimum absolute atomic E-state index is 0.0584. The molecule has 1 aliphatic rings. The average Bonchev–Trinajstić information content (AvgIpc) is 2.57. The first-order chi connectivity index (χ1) is 7.79. The van der Waals surface area contributed by atoms with Gasteiger partial charge in [0.15, 0.2) is 18.2 Å². The lowest BCUT2D eigenvalue weighted by Crippen LogP contribution is -2.06. The molecule has 1 N–H and O–H groups in total. The molecule has 2 aromatic heterocycles. The first kappa shape index (κ1) is 9.34. The molecule has 0 atom stereocenters. The summed E-state index contributed by atoms with van der Waals surface area (Å²) in [6, 6.07) is 2.95. The number of hydrogen-bond donors (Lipinski definition) is 1. The number of hydrogen-bond acceptors (Lipinski definition) is 5. The Hall–Kier alpha value is -1.89. The van der Waals surface area contributed by atoms with Crippen LogP contribution >= 0.6 is 12.3 Å². The number of halogens is 1. The van der Waals surface area contributed by atoms with Crippen LogP contribution in [0.4, 0.5) is 15.5 Å². The summed E-state index contributed by atoms with van der Waals surface area (Å²) < 4.78 is 13.9. The first-order valence-electron chi connectivity index (χ1n) is 4.44. The molecule has 0 aromatic carbocycles. The van der Waals surface area contributed by atoms with E-state index in [-0.39, 0.29) is 17.9 Å². The van der Waals surface area contributed by atoms with Gasteiger partial charge < -0.3 is 5.32 Å². The standard InChI is InChI=1S/C9H5FN4OS/c10-16-14-3-5-1-2-6(15)13-8-7(5)9(14)12-4-11-8/h1-4H,(H,11,12,13,15). The van der Waals surface area contributed by atoms with Gasteiger partial charge in [-0.05, 0) is 6.07 Å². The van der Waals surface area contributed by atoms with E-state index < -0.39 is 0 Å². The Kier molecular flexibility index (Phi) is 1.93. The second-order valence-corrected chi connectivity index (χ2v) is 3.74. The molecule has 3 heterocycles. The molecular weight excluding hydrogens is 231 g/mol. The molecule has 3 rings (SSSR count). The van der Waals surface area contributed by atoms with Crippen LogP contribution in [0.25, 0.3) is 10.8 Å². The zero-order chi connectivity index (χ0) is 11.1. The summed E-state index contributed by atoms with van der Waals surface area (Å²) in [6.45, 7) is 0. The summed E-state index contributed by atoms with van der Waals surface area (Å²) in [7, 11) is 0. The van der Waals surface area contributed by atoms with Crippen LogP contribution in [0.1, 0.15) is 0 Å². The lowest BCUT2D eigenvalue weighted by molar-refractivity contribution is 0.917. The maximum absolute atomic E-state index is 12.6. The van der Waals surface area contributed by atoms with Crippen LogP contribution in [0.3, 0.4) is 0 Å². The quantitative estimate of drug-likeness (QED) is 0.821. The lowest BCUT2D eigenvalue weighted by atomic mass is 10.3. The normalized spacial score (nSPS) is 12.8. The van der Waals surface area contributed by atoms with Crippen LogP contribution < -0.4 is 10.9 Å². The fourth-order valence-electron chi connectivity index (χ4n) is 1.66. The molecule has 7 heteroatoms. The average molecular weight is 236 g/mol. The van der Waals surface area contributed by atoms with Gasteiger partial charge in [-0.25, -0.2) is 8.96 Å². The minimum Gasteiger partial charge on any atom is -0.330 e. The van der Waals surface area contributed by atoms with Gasteiger partial charge >= 0.3 is 0 Å².